The minimum atomic E-state index is -0.326. The molecule has 0 heterocycles. The average molecular weight is 158 g/mol. The maximum atomic E-state index is 13.3. The smallest absolute Gasteiger partial charge is 0.134 e. The molecule has 0 spiro atoms. The van der Waals surface area contributed by atoms with Gasteiger partial charge in [-0.05, 0) is 10.9 Å². The Morgan fingerprint density at radius 2 is 1.75 bits per heavy atom. The van der Waals surface area contributed by atoms with Gasteiger partial charge in [0.25, 0.3) is 0 Å². The molecule has 0 saturated heterocycles. The predicted molar refractivity (Wildman–Crippen MR) is 47.3 cm³/mol. The van der Waals surface area contributed by atoms with Crippen molar-refractivity contribution in [3.05, 3.63) is 54.7 Å². The van der Waals surface area contributed by atoms with E-state index in [0.29, 0.717) is 5.39 Å². The first kappa shape index (κ1) is 7.29. The monoisotopic (exact) mass is 158 g/mol. The third-order valence-corrected chi connectivity index (χ3v) is 1.89. The molecule has 58 valence electrons. The molecule has 0 fully saturated rings. The van der Waals surface area contributed by atoms with Crippen LogP contribution < -0.4 is 0 Å². The molecule has 0 aliphatic rings. The molecular formula is C11H7F. The van der Waals surface area contributed by atoms with Crippen molar-refractivity contribution < 1.29 is 4.39 Å². The van der Waals surface area contributed by atoms with Crippen LogP contribution in [0.3, 0.4) is 0 Å². The molecule has 0 amide bonds. The largest absolute Gasteiger partial charge is 0.206 e. The predicted octanol–water partition coefficient (Wildman–Crippen LogP) is 3.04. The second kappa shape index (κ2) is 2.59. The van der Waals surface area contributed by atoms with Gasteiger partial charge in [0, 0.05) is 12.3 Å². The highest BCUT2D eigenvalue weighted by Crippen LogP contribution is 2.19. The van der Waals surface area contributed by atoms with E-state index in [-0.39, 0.29) is 11.4 Å². The van der Waals surface area contributed by atoms with Crippen LogP contribution in [0.15, 0.2) is 36.4 Å². The Balaban J connectivity index is 2.91. The van der Waals surface area contributed by atoms with Gasteiger partial charge in [-0.1, -0.05) is 36.4 Å². The molecule has 2 radical (unpaired) electrons. The quantitative estimate of drug-likeness (QED) is 0.552. The first-order chi connectivity index (χ1) is 5.79. The fourth-order valence-corrected chi connectivity index (χ4v) is 1.25. The summed E-state index contributed by atoms with van der Waals surface area (Å²) in [6.45, 7) is 5.41. The van der Waals surface area contributed by atoms with Gasteiger partial charge in [-0.3, -0.25) is 0 Å². The first-order valence-corrected chi connectivity index (χ1v) is 3.72. The van der Waals surface area contributed by atoms with Crippen molar-refractivity contribution in [1.82, 2.24) is 0 Å². The molecule has 0 bridgehead atoms. The zero-order valence-corrected chi connectivity index (χ0v) is 6.42. The molecule has 1 heteroatoms. The maximum absolute atomic E-state index is 13.3. The van der Waals surface area contributed by atoms with Crippen LogP contribution in [-0.4, -0.2) is 0 Å². The molecule has 0 atom stereocenters. The van der Waals surface area contributed by atoms with Crippen molar-refractivity contribution in [3.8, 4) is 0 Å². The van der Waals surface area contributed by atoms with Gasteiger partial charge in [0.15, 0.2) is 0 Å². The van der Waals surface area contributed by atoms with E-state index in [9.17, 15) is 4.39 Å². The summed E-state index contributed by atoms with van der Waals surface area (Å²) in [7, 11) is 0. The third kappa shape index (κ3) is 0.981. The van der Waals surface area contributed by atoms with E-state index in [4.69, 9.17) is 6.92 Å². The molecule has 2 aromatic rings. The Morgan fingerprint density at radius 1 is 1.00 bits per heavy atom. The number of benzene rings is 2. The number of hydrogen-bond donors (Lipinski definition) is 0. The van der Waals surface area contributed by atoms with Crippen molar-refractivity contribution in [1.29, 1.82) is 0 Å². The van der Waals surface area contributed by atoms with Crippen LogP contribution in [0.2, 0.25) is 0 Å². The lowest BCUT2D eigenvalue weighted by atomic mass is 10.1. The molecule has 12 heavy (non-hydrogen) atoms. The van der Waals surface area contributed by atoms with Crippen LogP contribution in [0.4, 0.5) is 4.39 Å². The van der Waals surface area contributed by atoms with E-state index in [1.54, 1.807) is 18.2 Å². The summed E-state index contributed by atoms with van der Waals surface area (Å²) < 4.78 is 13.3. The van der Waals surface area contributed by atoms with Crippen molar-refractivity contribution in [2.45, 2.75) is 0 Å². The molecule has 0 saturated carbocycles. The van der Waals surface area contributed by atoms with Crippen molar-refractivity contribution >= 4 is 10.8 Å². The number of rotatable bonds is 0. The lowest BCUT2D eigenvalue weighted by Crippen LogP contribution is -1.83. The van der Waals surface area contributed by atoms with Crippen LogP contribution in [0, 0.1) is 12.7 Å². The zero-order valence-electron chi connectivity index (χ0n) is 6.42. The van der Waals surface area contributed by atoms with Gasteiger partial charge in [0.1, 0.15) is 5.82 Å². The van der Waals surface area contributed by atoms with Crippen LogP contribution >= 0.6 is 0 Å². The summed E-state index contributed by atoms with van der Waals surface area (Å²) in [6.07, 6.45) is 0. The molecule has 2 rings (SSSR count). The fraction of sp³-hybridized carbons (Fsp3) is 0. The summed E-state index contributed by atoms with van der Waals surface area (Å²) in [4.78, 5) is 0. The maximum Gasteiger partial charge on any atom is 0.134 e. The fourth-order valence-electron chi connectivity index (χ4n) is 1.25. The Hall–Kier alpha value is -1.37. The molecule has 0 N–H and O–H groups in total. The summed E-state index contributed by atoms with van der Waals surface area (Å²) in [6, 6.07) is 10.6. The molecule has 2 aromatic carbocycles. The lowest BCUT2D eigenvalue weighted by molar-refractivity contribution is 0.635. The normalized spacial score (nSPS) is 10.5. The van der Waals surface area contributed by atoms with Gasteiger partial charge in [-0.25, -0.2) is 4.39 Å². The molecule has 0 aromatic heterocycles. The van der Waals surface area contributed by atoms with Crippen molar-refractivity contribution in [2.75, 3.05) is 0 Å². The standard InChI is InChI=1S/C11H7F/c1-8-6-7-9-4-2-3-5-10(9)11(8)12/h1-7H. The zero-order chi connectivity index (χ0) is 8.55. The van der Waals surface area contributed by atoms with Gasteiger partial charge in [0.2, 0.25) is 0 Å². The Labute approximate surface area is 70.6 Å². The van der Waals surface area contributed by atoms with E-state index >= 15 is 0 Å². The summed E-state index contributed by atoms with van der Waals surface area (Å²) in [5.41, 5.74) is 0.203. The Morgan fingerprint density at radius 3 is 2.58 bits per heavy atom. The van der Waals surface area contributed by atoms with Gasteiger partial charge < -0.3 is 0 Å². The topological polar surface area (TPSA) is 0 Å². The summed E-state index contributed by atoms with van der Waals surface area (Å²) >= 11 is 0. The van der Waals surface area contributed by atoms with E-state index in [1.165, 1.54) is 0 Å². The average Bonchev–Trinajstić information content (AvgIpc) is 2.12. The Kier molecular flexibility index (Phi) is 1.58. The number of fused-ring (bicyclic) bond motifs is 1. The highest BCUT2D eigenvalue weighted by Gasteiger charge is 2.01. The van der Waals surface area contributed by atoms with E-state index in [1.807, 2.05) is 18.2 Å². The van der Waals surface area contributed by atoms with Gasteiger partial charge >= 0.3 is 0 Å². The van der Waals surface area contributed by atoms with Crippen LogP contribution in [-0.2, 0) is 0 Å². The summed E-state index contributed by atoms with van der Waals surface area (Å²) in [5, 5.41) is 1.46. The second-order valence-corrected chi connectivity index (χ2v) is 2.69. The molecular weight excluding hydrogens is 151 g/mol. The van der Waals surface area contributed by atoms with Gasteiger partial charge in [-0.2, -0.15) is 0 Å². The van der Waals surface area contributed by atoms with Crippen molar-refractivity contribution in [3.63, 3.8) is 0 Å². The molecule has 0 aliphatic heterocycles. The highest BCUT2D eigenvalue weighted by molar-refractivity contribution is 5.83. The highest BCUT2D eigenvalue weighted by atomic mass is 19.1. The first-order valence-electron chi connectivity index (χ1n) is 3.72. The van der Waals surface area contributed by atoms with Crippen LogP contribution in [0.5, 0.6) is 0 Å². The summed E-state index contributed by atoms with van der Waals surface area (Å²) in [5.74, 6) is -0.326. The molecule has 0 unspecified atom stereocenters. The minimum absolute atomic E-state index is 0.203. The minimum Gasteiger partial charge on any atom is -0.206 e. The van der Waals surface area contributed by atoms with Crippen LogP contribution in [0.25, 0.3) is 10.8 Å². The molecule has 0 aliphatic carbocycles. The van der Waals surface area contributed by atoms with E-state index in [0.717, 1.165) is 5.39 Å². The molecule has 0 nitrogen and oxygen atoms in total. The van der Waals surface area contributed by atoms with Gasteiger partial charge in [-0.15, -0.1) is 0 Å². The van der Waals surface area contributed by atoms with Crippen LogP contribution in [0.1, 0.15) is 5.56 Å². The van der Waals surface area contributed by atoms with E-state index in [2.05, 4.69) is 0 Å². The number of hydrogen-bond acceptors (Lipinski definition) is 0. The second-order valence-electron chi connectivity index (χ2n) is 2.69. The van der Waals surface area contributed by atoms with Crippen molar-refractivity contribution in [2.24, 2.45) is 0 Å². The SMILES string of the molecule is [CH]c1ccc2ccccc2c1F. The third-order valence-electron chi connectivity index (χ3n) is 1.89. The number of halogens is 1. The Bertz CT molecular complexity index is 418. The van der Waals surface area contributed by atoms with E-state index < -0.39 is 0 Å². The lowest BCUT2D eigenvalue weighted by Gasteiger charge is -2.00. The van der Waals surface area contributed by atoms with Gasteiger partial charge in [0.05, 0.1) is 0 Å².